The summed E-state index contributed by atoms with van der Waals surface area (Å²) in [5, 5.41) is 0. The van der Waals surface area contributed by atoms with Gasteiger partial charge in [0.2, 0.25) is 0 Å². The first-order valence-electron chi connectivity index (χ1n) is 5.88. The molecule has 2 heterocycles. The van der Waals surface area contributed by atoms with Crippen molar-refractivity contribution in [3.63, 3.8) is 0 Å². The number of nitrogens with two attached hydrogens (primary N) is 1. The zero-order chi connectivity index (χ0) is 11.2. The highest BCUT2D eigenvalue weighted by Gasteiger charge is 2.18. The van der Waals surface area contributed by atoms with Crippen molar-refractivity contribution in [2.45, 2.75) is 19.1 Å². The van der Waals surface area contributed by atoms with Gasteiger partial charge in [0.1, 0.15) is 0 Å². The van der Waals surface area contributed by atoms with Gasteiger partial charge in [-0.1, -0.05) is 0 Å². The van der Waals surface area contributed by atoms with Crippen LogP contribution in [0, 0.1) is 0 Å². The molecule has 1 aromatic rings. The Labute approximate surface area is 96.2 Å². The number of aryl methyl sites for hydroxylation is 1. The monoisotopic (exact) mass is 224 g/mol. The van der Waals surface area contributed by atoms with Crippen LogP contribution in [-0.2, 0) is 11.3 Å². The fraction of sp³-hybridized carbons (Fsp3) is 0.727. The maximum absolute atomic E-state index is 5.61. The number of imidazole rings is 1. The molecule has 0 aliphatic carbocycles. The molecule has 0 amide bonds. The van der Waals surface area contributed by atoms with Crippen molar-refractivity contribution < 1.29 is 4.74 Å². The molecule has 1 aliphatic heterocycles. The smallest absolute Gasteiger partial charge is 0.0945 e. The normalized spacial score (nSPS) is 22.4. The first-order valence-corrected chi connectivity index (χ1v) is 5.88. The van der Waals surface area contributed by atoms with Gasteiger partial charge in [0.25, 0.3) is 0 Å². The molecule has 5 nitrogen and oxygen atoms in total. The Morgan fingerprint density at radius 2 is 2.38 bits per heavy atom. The van der Waals surface area contributed by atoms with E-state index in [2.05, 4.69) is 14.5 Å². The Morgan fingerprint density at radius 1 is 1.44 bits per heavy atom. The first kappa shape index (κ1) is 11.6. The molecule has 0 saturated carbocycles. The van der Waals surface area contributed by atoms with E-state index in [9.17, 15) is 0 Å². The molecule has 1 aliphatic rings. The van der Waals surface area contributed by atoms with Gasteiger partial charge in [0.15, 0.2) is 0 Å². The summed E-state index contributed by atoms with van der Waals surface area (Å²) in [6, 6.07) is 0. The van der Waals surface area contributed by atoms with E-state index in [0.29, 0.717) is 6.54 Å². The molecule has 1 fully saturated rings. The van der Waals surface area contributed by atoms with Gasteiger partial charge >= 0.3 is 0 Å². The number of rotatable bonds is 5. The Morgan fingerprint density at radius 3 is 3.12 bits per heavy atom. The number of nitrogens with zero attached hydrogens (tertiary/aromatic N) is 3. The fourth-order valence-corrected chi connectivity index (χ4v) is 2.02. The summed E-state index contributed by atoms with van der Waals surface area (Å²) in [7, 11) is 0. The van der Waals surface area contributed by atoms with Crippen molar-refractivity contribution >= 4 is 0 Å². The molecule has 2 rings (SSSR count). The summed E-state index contributed by atoms with van der Waals surface area (Å²) in [5.41, 5.74) is 5.61. The largest absolute Gasteiger partial charge is 0.374 e. The van der Waals surface area contributed by atoms with Crippen molar-refractivity contribution in [1.29, 1.82) is 0 Å². The molecule has 1 unspecified atom stereocenters. The molecule has 2 N–H and O–H groups in total. The summed E-state index contributed by atoms with van der Waals surface area (Å²) in [6.45, 7) is 5.58. The fourth-order valence-electron chi connectivity index (χ4n) is 2.02. The van der Waals surface area contributed by atoms with Crippen LogP contribution in [0.2, 0.25) is 0 Å². The van der Waals surface area contributed by atoms with Gasteiger partial charge in [-0.15, -0.1) is 0 Å². The molecular formula is C11H20N4O. The molecule has 0 spiro atoms. The minimum absolute atomic E-state index is 0.224. The van der Waals surface area contributed by atoms with Crippen LogP contribution in [0.1, 0.15) is 6.42 Å². The van der Waals surface area contributed by atoms with Crippen molar-refractivity contribution in [3.8, 4) is 0 Å². The van der Waals surface area contributed by atoms with E-state index in [1.807, 2.05) is 18.7 Å². The van der Waals surface area contributed by atoms with Crippen LogP contribution in [0.25, 0.3) is 0 Å². The molecule has 16 heavy (non-hydrogen) atoms. The average Bonchev–Trinajstić information content (AvgIpc) is 2.82. The summed E-state index contributed by atoms with van der Waals surface area (Å²) in [4.78, 5) is 6.45. The second-order valence-corrected chi connectivity index (χ2v) is 4.18. The SMILES string of the molecule is NCC1CN(CCCn2ccnc2)CCO1. The van der Waals surface area contributed by atoms with E-state index in [1.54, 1.807) is 0 Å². The van der Waals surface area contributed by atoms with E-state index in [0.717, 1.165) is 39.2 Å². The molecule has 90 valence electrons. The summed E-state index contributed by atoms with van der Waals surface area (Å²) in [6.07, 6.45) is 7.05. The zero-order valence-corrected chi connectivity index (χ0v) is 9.59. The second-order valence-electron chi connectivity index (χ2n) is 4.18. The maximum Gasteiger partial charge on any atom is 0.0945 e. The lowest BCUT2D eigenvalue weighted by atomic mass is 10.2. The van der Waals surface area contributed by atoms with E-state index < -0.39 is 0 Å². The number of hydrogen-bond donors (Lipinski definition) is 1. The summed E-state index contributed by atoms with van der Waals surface area (Å²) in [5.74, 6) is 0. The standard InChI is InChI=1S/C11H20N4O/c12-8-11-9-14(6-7-16-11)3-1-4-15-5-2-13-10-15/h2,5,10-11H,1,3-4,6-9,12H2. The topological polar surface area (TPSA) is 56.3 Å². The highest BCUT2D eigenvalue weighted by atomic mass is 16.5. The Hall–Kier alpha value is -0.910. The van der Waals surface area contributed by atoms with Gasteiger partial charge in [-0.25, -0.2) is 4.98 Å². The quantitative estimate of drug-likeness (QED) is 0.761. The van der Waals surface area contributed by atoms with Crippen LogP contribution < -0.4 is 5.73 Å². The molecular weight excluding hydrogens is 204 g/mol. The summed E-state index contributed by atoms with van der Waals surface area (Å²) < 4.78 is 7.64. The molecule has 0 aromatic carbocycles. The third-order valence-electron chi connectivity index (χ3n) is 2.94. The minimum Gasteiger partial charge on any atom is -0.374 e. The predicted octanol–water partition coefficient (Wildman–Crippen LogP) is -0.0673. The van der Waals surface area contributed by atoms with Gasteiger partial charge in [0, 0.05) is 45.1 Å². The average molecular weight is 224 g/mol. The summed E-state index contributed by atoms with van der Waals surface area (Å²) >= 11 is 0. The van der Waals surface area contributed by atoms with E-state index >= 15 is 0 Å². The second kappa shape index (κ2) is 5.98. The minimum atomic E-state index is 0.224. The number of morpholine rings is 1. The van der Waals surface area contributed by atoms with Crippen molar-refractivity contribution in [3.05, 3.63) is 18.7 Å². The molecule has 1 atom stereocenters. The third-order valence-corrected chi connectivity index (χ3v) is 2.94. The van der Waals surface area contributed by atoms with Crippen LogP contribution in [0.4, 0.5) is 0 Å². The first-order chi connectivity index (χ1) is 7.88. The lowest BCUT2D eigenvalue weighted by Crippen LogP contribution is -2.45. The lowest BCUT2D eigenvalue weighted by molar-refractivity contribution is -0.0236. The molecule has 0 radical (unpaired) electrons. The predicted molar refractivity (Wildman–Crippen MR) is 62.1 cm³/mol. The van der Waals surface area contributed by atoms with Gasteiger partial charge < -0.3 is 15.0 Å². The lowest BCUT2D eigenvalue weighted by Gasteiger charge is -2.32. The maximum atomic E-state index is 5.61. The zero-order valence-electron chi connectivity index (χ0n) is 9.59. The molecule has 1 saturated heterocycles. The number of ether oxygens (including phenoxy) is 1. The van der Waals surface area contributed by atoms with Gasteiger partial charge in [0.05, 0.1) is 19.0 Å². The van der Waals surface area contributed by atoms with Crippen molar-refractivity contribution in [2.24, 2.45) is 5.73 Å². The van der Waals surface area contributed by atoms with Crippen molar-refractivity contribution in [1.82, 2.24) is 14.5 Å². The highest BCUT2D eigenvalue weighted by Crippen LogP contribution is 2.05. The van der Waals surface area contributed by atoms with Crippen molar-refractivity contribution in [2.75, 3.05) is 32.8 Å². The van der Waals surface area contributed by atoms with Gasteiger partial charge in [-0.05, 0) is 6.42 Å². The molecule has 1 aromatic heterocycles. The van der Waals surface area contributed by atoms with E-state index in [-0.39, 0.29) is 6.10 Å². The van der Waals surface area contributed by atoms with Crippen LogP contribution in [-0.4, -0.2) is 53.3 Å². The van der Waals surface area contributed by atoms with Crippen LogP contribution in [0.15, 0.2) is 18.7 Å². The van der Waals surface area contributed by atoms with Crippen LogP contribution in [0.3, 0.4) is 0 Å². The van der Waals surface area contributed by atoms with Crippen LogP contribution in [0.5, 0.6) is 0 Å². The van der Waals surface area contributed by atoms with Gasteiger partial charge in [-0.2, -0.15) is 0 Å². The Kier molecular flexibility index (Phi) is 4.33. The Balaban J connectivity index is 1.65. The van der Waals surface area contributed by atoms with E-state index in [1.165, 1.54) is 0 Å². The number of aromatic nitrogens is 2. The highest BCUT2D eigenvalue weighted by molar-refractivity contribution is 4.75. The molecule has 0 bridgehead atoms. The third kappa shape index (κ3) is 3.30. The van der Waals surface area contributed by atoms with E-state index in [4.69, 9.17) is 10.5 Å². The van der Waals surface area contributed by atoms with Crippen LogP contribution >= 0.6 is 0 Å². The van der Waals surface area contributed by atoms with Gasteiger partial charge in [-0.3, -0.25) is 4.90 Å². The number of hydrogen-bond acceptors (Lipinski definition) is 4. The molecule has 5 heteroatoms. The Bertz CT molecular complexity index is 288.